The number of anilines is 2. The number of methoxy groups -OCH3 is 1. The summed E-state index contributed by atoms with van der Waals surface area (Å²) in [4.78, 5) is 54.2. The van der Waals surface area contributed by atoms with Gasteiger partial charge in [0.05, 0.1) is 23.2 Å². The highest BCUT2D eigenvalue weighted by Gasteiger charge is 2.50. The molecule has 3 fully saturated rings. The Hall–Kier alpha value is -6.26. The number of amides is 5. The van der Waals surface area contributed by atoms with Gasteiger partial charge in [0, 0.05) is 97.9 Å². The molecule has 3 aliphatic heterocycles. The quantitative estimate of drug-likeness (QED) is 0.0913. The first-order valence-corrected chi connectivity index (χ1v) is 23.4. The molecule has 2 saturated heterocycles. The highest BCUT2D eigenvalue weighted by atomic mass is 35.5. The Labute approximate surface area is 392 Å². The van der Waals surface area contributed by atoms with E-state index in [1.165, 1.54) is 30.2 Å². The molecule has 5 N–H and O–H groups in total. The normalized spacial score (nSPS) is 22.1. The number of benzene rings is 4. The molecule has 1 aromatic heterocycles. The zero-order valence-corrected chi connectivity index (χ0v) is 38.6. The maximum atomic E-state index is 16.2. The van der Waals surface area contributed by atoms with Gasteiger partial charge in [0.1, 0.15) is 11.6 Å². The number of hydrogen-bond donors (Lipinski definition) is 4. The van der Waals surface area contributed by atoms with Crippen LogP contribution in [0.15, 0.2) is 66.7 Å². The van der Waals surface area contributed by atoms with Gasteiger partial charge in [-0.15, -0.1) is 0 Å². The second-order valence-electron chi connectivity index (χ2n) is 18.3. The van der Waals surface area contributed by atoms with Crippen molar-refractivity contribution in [3.8, 4) is 22.6 Å². The minimum absolute atomic E-state index is 0.00535. The van der Waals surface area contributed by atoms with E-state index in [4.69, 9.17) is 26.8 Å². The summed E-state index contributed by atoms with van der Waals surface area (Å²) < 4.78 is 45.7. The molecule has 17 heteroatoms. The number of aryl methyl sites for hydroxylation is 1. The monoisotopic (exact) mass is 936 g/mol. The van der Waals surface area contributed by atoms with E-state index in [1.54, 1.807) is 4.68 Å². The van der Waals surface area contributed by atoms with E-state index < -0.39 is 35.1 Å². The Kier molecular flexibility index (Phi) is 12.9. The molecule has 9 rings (SSSR count). The van der Waals surface area contributed by atoms with Gasteiger partial charge in [-0.05, 0) is 86.8 Å². The molecule has 4 aliphatic rings. The number of rotatable bonds is 13. The summed E-state index contributed by atoms with van der Waals surface area (Å²) in [6.07, 6.45) is 6.17. The lowest BCUT2D eigenvalue weighted by atomic mass is 9.77. The summed E-state index contributed by atoms with van der Waals surface area (Å²) in [5.41, 5.74) is 7.36. The van der Waals surface area contributed by atoms with Crippen LogP contribution in [0.5, 0.6) is 11.5 Å². The first-order valence-electron chi connectivity index (χ1n) is 23.0. The van der Waals surface area contributed by atoms with Gasteiger partial charge in [-0.25, -0.2) is 13.6 Å². The predicted octanol–water partition coefficient (Wildman–Crippen LogP) is 8.01. The number of piperidine rings is 1. The minimum atomic E-state index is -1.07. The van der Waals surface area contributed by atoms with Crippen LogP contribution in [0.2, 0.25) is 5.02 Å². The fourth-order valence-electron chi connectivity index (χ4n) is 10.7. The SMILES string of the molecule is COc1ccc(C(N)=O)c(-c2c(Cl)c(F)cc3c2[C@H](C)[C@@](CNC2CCC(C(=O)N4CCC(CCNc5ccc6c(N7CCC(=O)NC7=O)nn(C)c6c5)CC4)CC2)(c2ccccc2)O3)c1F. The molecular formula is C50H55ClF2N8O6. The van der Waals surface area contributed by atoms with E-state index >= 15 is 8.78 Å². The van der Waals surface area contributed by atoms with Crippen LogP contribution in [0.4, 0.5) is 25.1 Å². The number of urea groups is 1. The van der Waals surface area contributed by atoms with Gasteiger partial charge < -0.3 is 30.7 Å². The summed E-state index contributed by atoms with van der Waals surface area (Å²) in [6.45, 7) is 4.80. The van der Waals surface area contributed by atoms with Gasteiger partial charge in [-0.2, -0.15) is 5.10 Å². The number of halogens is 3. The van der Waals surface area contributed by atoms with Gasteiger partial charge in [0.15, 0.2) is 23.0 Å². The molecule has 67 heavy (non-hydrogen) atoms. The molecule has 14 nitrogen and oxygen atoms in total. The molecule has 2 atom stereocenters. The van der Waals surface area contributed by atoms with Crippen molar-refractivity contribution in [3.05, 3.63) is 100 Å². The van der Waals surface area contributed by atoms with Gasteiger partial charge in [-0.3, -0.25) is 29.3 Å². The first kappa shape index (κ1) is 45.9. The maximum Gasteiger partial charge on any atom is 0.329 e. The number of ether oxygens (including phenoxy) is 2. The summed E-state index contributed by atoms with van der Waals surface area (Å²) in [5.74, 6) is -2.18. The zero-order valence-electron chi connectivity index (χ0n) is 37.8. The number of nitrogens with zero attached hydrogens (tertiary/aromatic N) is 4. The number of nitrogens with one attached hydrogen (secondary N) is 3. The Morgan fingerprint density at radius 3 is 2.43 bits per heavy atom. The van der Waals surface area contributed by atoms with Crippen LogP contribution < -0.4 is 36.1 Å². The second kappa shape index (κ2) is 18.8. The molecule has 1 saturated carbocycles. The summed E-state index contributed by atoms with van der Waals surface area (Å²) in [7, 11) is 3.14. The maximum absolute atomic E-state index is 16.2. The lowest BCUT2D eigenvalue weighted by Crippen LogP contribution is -2.49. The van der Waals surface area contributed by atoms with E-state index in [2.05, 4.69) is 21.0 Å². The van der Waals surface area contributed by atoms with Crippen molar-refractivity contribution < 1.29 is 37.4 Å². The van der Waals surface area contributed by atoms with Gasteiger partial charge in [-0.1, -0.05) is 48.9 Å². The van der Waals surface area contributed by atoms with Crippen molar-refractivity contribution in [1.29, 1.82) is 0 Å². The lowest BCUT2D eigenvalue weighted by molar-refractivity contribution is -0.138. The largest absolute Gasteiger partial charge is 0.494 e. The first-order chi connectivity index (χ1) is 32.3. The molecule has 352 valence electrons. The van der Waals surface area contributed by atoms with Crippen molar-refractivity contribution >= 4 is 57.8 Å². The fraction of sp³-hybridized carbons (Fsp3) is 0.420. The Morgan fingerprint density at radius 1 is 0.985 bits per heavy atom. The number of hydrogen-bond acceptors (Lipinski definition) is 9. The summed E-state index contributed by atoms with van der Waals surface area (Å²) in [6, 6.07) is 19.1. The third-order valence-corrected chi connectivity index (χ3v) is 14.8. The number of primary amides is 1. The third-order valence-electron chi connectivity index (χ3n) is 14.4. The van der Waals surface area contributed by atoms with Crippen molar-refractivity contribution in [3.63, 3.8) is 0 Å². The highest BCUT2D eigenvalue weighted by Crippen LogP contribution is 2.56. The van der Waals surface area contributed by atoms with E-state index in [-0.39, 0.29) is 70.0 Å². The van der Waals surface area contributed by atoms with Crippen LogP contribution in [-0.4, -0.2) is 84.3 Å². The van der Waals surface area contributed by atoms with Crippen LogP contribution in [0.1, 0.15) is 85.7 Å². The van der Waals surface area contributed by atoms with Crippen LogP contribution in [0.3, 0.4) is 0 Å². The molecule has 1 aliphatic carbocycles. The van der Waals surface area contributed by atoms with Crippen molar-refractivity contribution in [2.45, 2.75) is 75.9 Å². The van der Waals surface area contributed by atoms with Crippen LogP contribution in [0.25, 0.3) is 22.0 Å². The number of nitrogens with two attached hydrogens (primary N) is 1. The molecule has 0 spiro atoms. The van der Waals surface area contributed by atoms with E-state index in [0.29, 0.717) is 23.8 Å². The number of fused-ring (bicyclic) bond motifs is 2. The van der Waals surface area contributed by atoms with E-state index in [0.717, 1.165) is 86.7 Å². The standard InChI is InChI=1S/C50H55ClF2N8O6/c1-28-41-39(26-36(52)44(51)43(41)42-35(46(54)63)15-16-38(66-3)45(42)53)67-50(28,31-7-5-4-6-8-31)27-56-32-11-9-30(10-12-32)48(64)60-22-18-29(19-23-60)17-21-55-33-13-14-34-37(25-33)59(2)58-47(34)61-24-20-40(62)57-49(61)65/h4-8,13-16,25-26,28-30,32,55-56H,9-12,17-24,27H2,1-3H3,(H2,54,63)(H,57,62,65)/t28-,30?,32?,50-/m0/s1. The number of likely N-dealkylation sites (tertiary alicyclic amines) is 1. The Bertz CT molecular complexity index is 2740. The van der Waals surface area contributed by atoms with Gasteiger partial charge >= 0.3 is 6.03 Å². The minimum Gasteiger partial charge on any atom is -0.494 e. The summed E-state index contributed by atoms with van der Waals surface area (Å²) >= 11 is 6.69. The van der Waals surface area contributed by atoms with Crippen LogP contribution in [-0.2, 0) is 22.2 Å². The van der Waals surface area contributed by atoms with Crippen molar-refractivity contribution in [1.82, 2.24) is 25.3 Å². The van der Waals surface area contributed by atoms with E-state index in [9.17, 15) is 19.2 Å². The van der Waals surface area contributed by atoms with Gasteiger partial charge in [0.25, 0.3) is 0 Å². The summed E-state index contributed by atoms with van der Waals surface area (Å²) in [5, 5.41) is 14.7. The molecule has 0 bridgehead atoms. The average Bonchev–Trinajstić information content (AvgIpc) is 3.81. The second-order valence-corrected chi connectivity index (χ2v) is 18.6. The van der Waals surface area contributed by atoms with Crippen LogP contribution >= 0.6 is 11.6 Å². The molecule has 4 heterocycles. The third kappa shape index (κ3) is 8.65. The van der Waals surface area contributed by atoms with Crippen molar-refractivity contribution in [2.24, 2.45) is 24.6 Å². The van der Waals surface area contributed by atoms with E-state index in [1.807, 2.05) is 67.4 Å². The van der Waals surface area contributed by atoms with Gasteiger partial charge in [0.2, 0.25) is 17.7 Å². The molecule has 5 amide bonds. The molecule has 0 unspecified atom stereocenters. The average molecular weight is 937 g/mol. The number of carbonyl (C=O) groups excluding carboxylic acids is 4. The molecular weight excluding hydrogens is 882 g/mol. The lowest BCUT2D eigenvalue weighted by Gasteiger charge is -2.38. The molecule has 4 aromatic carbocycles. The Balaban J connectivity index is 0.798. The predicted molar refractivity (Wildman–Crippen MR) is 251 cm³/mol. The topological polar surface area (TPSA) is 173 Å². The fourth-order valence-corrected chi connectivity index (χ4v) is 10.9. The highest BCUT2D eigenvalue weighted by molar-refractivity contribution is 6.34. The molecule has 0 radical (unpaired) electrons. The number of imide groups is 1. The van der Waals surface area contributed by atoms with Crippen molar-refractivity contribution in [2.75, 3.05) is 50.1 Å². The smallest absolute Gasteiger partial charge is 0.329 e. The Morgan fingerprint density at radius 2 is 1.73 bits per heavy atom. The van der Waals surface area contributed by atoms with Crippen LogP contribution in [0, 0.1) is 23.5 Å². The number of aromatic nitrogens is 2. The zero-order chi connectivity index (χ0) is 47.1. The number of carbonyl (C=O) groups is 4. The molecule has 5 aromatic rings.